The summed E-state index contributed by atoms with van der Waals surface area (Å²) in [6.45, 7) is 4.92. The molecule has 0 aromatic heterocycles. The normalized spacial score (nSPS) is 9.62. The van der Waals surface area contributed by atoms with Gasteiger partial charge in [-0.15, -0.1) is 0 Å². The van der Waals surface area contributed by atoms with Gasteiger partial charge in [-0.25, -0.2) is 9.59 Å². The van der Waals surface area contributed by atoms with E-state index in [2.05, 4.69) is 0 Å². The van der Waals surface area contributed by atoms with Crippen LogP contribution in [0.1, 0.15) is 61.7 Å². The van der Waals surface area contributed by atoms with Crippen LogP contribution in [0, 0.1) is 0 Å². The van der Waals surface area contributed by atoms with Crippen molar-refractivity contribution in [2.45, 2.75) is 39.5 Å². The molecular formula is C16H23NaO4. The molecule has 1 aromatic rings. The standard InChI is InChI=1S/C16H22O4.Na.H/c1-3-5-11-19-15(17)13-7-9-14(10-8-13)16(18)20-12-6-4-2;;/h7-10H,3-6,11-12H2,1-2H3;;/q;+1;-1. The van der Waals surface area contributed by atoms with Crippen molar-refractivity contribution in [1.29, 1.82) is 0 Å². The minimum Gasteiger partial charge on any atom is -1.00 e. The van der Waals surface area contributed by atoms with Crippen LogP contribution in [-0.4, -0.2) is 25.2 Å². The van der Waals surface area contributed by atoms with Gasteiger partial charge < -0.3 is 10.9 Å². The Hall–Kier alpha value is -0.840. The molecule has 0 aliphatic rings. The van der Waals surface area contributed by atoms with Crippen LogP contribution < -0.4 is 29.6 Å². The largest absolute Gasteiger partial charge is 1.00 e. The average Bonchev–Trinajstić information content (AvgIpc) is 2.47. The van der Waals surface area contributed by atoms with Crippen molar-refractivity contribution in [2.75, 3.05) is 13.2 Å². The second-order valence-corrected chi connectivity index (χ2v) is 4.56. The Bertz CT molecular complexity index is 393. The molecule has 0 atom stereocenters. The topological polar surface area (TPSA) is 52.6 Å². The number of esters is 2. The Labute approximate surface area is 150 Å². The van der Waals surface area contributed by atoms with Crippen LogP contribution in [0.2, 0.25) is 0 Å². The average molecular weight is 302 g/mol. The van der Waals surface area contributed by atoms with Crippen LogP contribution in [0.25, 0.3) is 0 Å². The van der Waals surface area contributed by atoms with Gasteiger partial charge in [0.1, 0.15) is 0 Å². The summed E-state index contributed by atoms with van der Waals surface area (Å²) in [6.07, 6.45) is 3.67. The molecule has 1 rings (SSSR count). The predicted octanol–water partition coefficient (Wildman–Crippen LogP) is 0.717. The van der Waals surface area contributed by atoms with Crippen molar-refractivity contribution in [1.82, 2.24) is 0 Å². The molecule has 1 aromatic carbocycles. The zero-order chi connectivity index (χ0) is 14.8. The first-order chi connectivity index (χ1) is 9.69. The maximum Gasteiger partial charge on any atom is 1.00 e. The number of hydrogen-bond acceptors (Lipinski definition) is 4. The number of carbonyl (C=O) groups is 2. The fourth-order valence-corrected chi connectivity index (χ4v) is 1.53. The van der Waals surface area contributed by atoms with E-state index in [-0.39, 0.29) is 42.9 Å². The first-order valence-corrected chi connectivity index (χ1v) is 7.13. The van der Waals surface area contributed by atoms with Crippen molar-refractivity contribution < 1.29 is 50.0 Å². The molecule has 0 saturated carbocycles. The summed E-state index contributed by atoms with van der Waals surface area (Å²) in [6, 6.07) is 6.35. The second-order valence-electron chi connectivity index (χ2n) is 4.56. The quantitative estimate of drug-likeness (QED) is 0.403. The van der Waals surface area contributed by atoms with E-state index in [0.29, 0.717) is 24.3 Å². The monoisotopic (exact) mass is 302 g/mol. The van der Waals surface area contributed by atoms with E-state index in [1.807, 2.05) is 13.8 Å². The van der Waals surface area contributed by atoms with Crippen LogP contribution >= 0.6 is 0 Å². The minimum atomic E-state index is -0.357. The summed E-state index contributed by atoms with van der Waals surface area (Å²) in [5.74, 6) is -0.714. The number of carbonyl (C=O) groups excluding carboxylic acids is 2. The van der Waals surface area contributed by atoms with Crippen molar-refractivity contribution in [3.05, 3.63) is 35.4 Å². The van der Waals surface area contributed by atoms with Gasteiger partial charge in [-0.05, 0) is 37.1 Å². The second kappa shape index (κ2) is 11.8. The van der Waals surface area contributed by atoms with Gasteiger partial charge in [0.2, 0.25) is 0 Å². The Morgan fingerprint density at radius 1 is 0.857 bits per heavy atom. The van der Waals surface area contributed by atoms with E-state index in [1.165, 1.54) is 0 Å². The molecule has 0 radical (unpaired) electrons. The molecule has 5 heteroatoms. The van der Waals surface area contributed by atoms with Crippen molar-refractivity contribution in [3.8, 4) is 0 Å². The Morgan fingerprint density at radius 2 is 1.19 bits per heavy atom. The summed E-state index contributed by atoms with van der Waals surface area (Å²) >= 11 is 0. The third-order valence-electron chi connectivity index (χ3n) is 2.82. The van der Waals surface area contributed by atoms with Crippen molar-refractivity contribution >= 4 is 11.9 Å². The molecular weight excluding hydrogens is 279 g/mol. The number of unbranched alkanes of at least 4 members (excludes halogenated alkanes) is 2. The Morgan fingerprint density at radius 3 is 1.48 bits per heavy atom. The van der Waals surface area contributed by atoms with Gasteiger partial charge >= 0.3 is 41.5 Å². The third-order valence-corrected chi connectivity index (χ3v) is 2.82. The predicted molar refractivity (Wildman–Crippen MR) is 77.9 cm³/mol. The van der Waals surface area contributed by atoms with Gasteiger partial charge in [-0.3, -0.25) is 0 Å². The molecule has 0 saturated heterocycles. The van der Waals surface area contributed by atoms with Crippen LogP contribution in [0.3, 0.4) is 0 Å². The van der Waals surface area contributed by atoms with Crippen LogP contribution in [0.5, 0.6) is 0 Å². The summed E-state index contributed by atoms with van der Waals surface area (Å²) in [4.78, 5) is 23.3. The molecule has 112 valence electrons. The molecule has 0 fully saturated rings. The molecule has 4 nitrogen and oxygen atoms in total. The summed E-state index contributed by atoms with van der Waals surface area (Å²) < 4.78 is 10.2. The van der Waals surface area contributed by atoms with E-state index in [1.54, 1.807) is 24.3 Å². The van der Waals surface area contributed by atoms with Gasteiger partial charge in [0.15, 0.2) is 0 Å². The Balaban J connectivity index is 0. The first kappa shape index (κ1) is 20.2. The maximum absolute atomic E-state index is 11.7. The van der Waals surface area contributed by atoms with Crippen LogP contribution in [-0.2, 0) is 9.47 Å². The number of ether oxygens (including phenoxy) is 2. The molecule has 21 heavy (non-hydrogen) atoms. The summed E-state index contributed by atoms with van der Waals surface area (Å²) in [5, 5.41) is 0. The molecule has 0 amide bonds. The molecule has 0 spiro atoms. The Kier molecular flexibility index (Phi) is 11.3. The van der Waals surface area contributed by atoms with E-state index >= 15 is 0 Å². The SMILES string of the molecule is CCCCOC(=O)c1ccc(C(=O)OCCCC)cc1.[H-].[Na+]. The van der Waals surface area contributed by atoms with Gasteiger partial charge in [0.05, 0.1) is 24.3 Å². The zero-order valence-electron chi connectivity index (χ0n) is 14.2. The maximum atomic E-state index is 11.7. The first-order valence-electron chi connectivity index (χ1n) is 7.13. The van der Waals surface area contributed by atoms with Gasteiger partial charge in [0, 0.05) is 0 Å². The molecule has 0 aliphatic carbocycles. The summed E-state index contributed by atoms with van der Waals surface area (Å²) in [7, 11) is 0. The van der Waals surface area contributed by atoms with Crippen LogP contribution in [0.15, 0.2) is 24.3 Å². The smallest absolute Gasteiger partial charge is 1.00 e. The third kappa shape index (κ3) is 7.65. The van der Waals surface area contributed by atoms with Gasteiger partial charge in [-0.2, -0.15) is 0 Å². The van der Waals surface area contributed by atoms with Crippen molar-refractivity contribution in [3.63, 3.8) is 0 Å². The van der Waals surface area contributed by atoms with Gasteiger partial charge in [0.25, 0.3) is 0 Å². The van der Waals surface area contributed by atoms with Crippen molar-refractivity contribution in [2.24, 2.45) is 0 Å². The molecule has 0 aliphatic heterocycles. The number of hydrogen-bond donors (Lipinski definition) is 0. The number of rotatable bonds is 8. The fraction of sp³-hybridized carbons (Fsp3) is 0.500. The number of benzene rings is 1. The molecule has 0 heterocycles. The minimum absolute atomic E-state index is 0. The zero-order valence-corrected chi connectivity index (χ0v) is 15.2. The van der Waals surface area contributed by atoms with E-state index in [0.717, 1.165) is 25.7 Å². The van der Waals surface area contributed by atoms with E-state index in [9.17, 15) is 9.59 Å². The molecule has 0 bridgehead atoms. The van der Waals surface area contributed by atoms with E-state index in [4.69, 9.17) is 9.47 Å². The van der Waals surface area contributed by atoms with Crippen LogP contribution in [0.4, 0.5) is 0 Å². The molecule has 0 N–H and O–H groups in total. The van der Waals surface area contributed by atoms with E-state index < -0.39 is 0 Å². The summed E-state index contributed by atoms with van der Waals surface area (Å²) in [5.41, 5.74) is 0.900. The van der Waals surface area contributed by atoms with Gasteiger partial charge in [-0.1, -0.05) is 26.7 Å². The fourth-order valence-electron chi connectivity index (χ4n) is 1.53. The molecule has 0 unspecified atom stereocenters.